The van der Waals surface area contributed by atoms with Crippen LogP contribution in [0.2, 0.25) is 0 Å². The molecule has 0 N–H and O–H groups in total. The highest BCUT2D eigenvalue weighted by atomic mass is 16.6. The number of likely N-dealkylation sites (tertiary alicyclic amines) is 1. The Labute approximate surface area is 92.8 Å². The van der Waals surface area contributed by atoms with Crippen molar-refractivity contribution < 1.29 is 9.53 Å². The van der Waals surface area contributed by atoms with Crippen LogP contribution in [-0.2, 0) is 4.74 Å². The van der Waals surface area contributed by atoms with Crippen molar-refractivity contribution in [1.29, 1.82) is 0 Å². The molecule has 1 saturated heterocycles. The Bertz CT molecular complexity index is 200. The summed E-state index contributed by atoms with van der Waals surface area (Å²) in [6, 6.07) is 0. The highest BCUT2D eigenvalue weighted by Crippen LogP contribution is 2.14. The van der Waals surface area contributed by atoms with E-state index in [0.29, 0.717) is 0 Å². The molecule has 1 amide bonds. The summed E-state index contributed by atoms with van der Waals surface area (Å²) in [5.74, 6) is 0. The fraction of sp³-hybridized carbons (Fsp3) is 0.917. The van der Waals surface area contributed by atoms with Crippen LogP contribution in [-0.4, -0.2) is 29.7 Å². The molecule has 3 heteroatoms. The molecule has 1 aliphatic rings. The maximum Gasteiger partial charge on any atom is 0.410 e. The summed E-state index contributed by atoms with van der Waals surface area (Å²) in [7, 11) is 0. The first-order valence-electron chi connectivity index (χ1n) is 5.97. The van der Waals surface area contributed by atoms with Gasteiger partial charge in [0.25, 0.3) is 0 Å². The summed E-state index contributed by atoms with van der Waals surface area (Å²) in [6.45, 7) is 7.45. The molecule has 0 bridgehead atoms. The number of amides is 1. The van der Waals surface area contributed by atoms with Gasteiger partial charge < -0.3 is 9.64 Å². The fourth-order valence-corrected chi connectivity index (χ4v) is 1.76. The van der Waals surface area contributed by atoms with Crippen LogP contribution in [0.3, 0.4) is 0 Å². The standard InChI is InChI=1S/C12H23NO2/c1-12(2,3)15-11(14)13-9-7-5-4-6-8-10-13/h4-10H2,1-3H3. The first-order valence-corrected chi connectivity index (χ1v) is 5.97. The lowest BCUT2D eigenvalue weighted by Crippen LogP contribution is -2.38. The minimum Gasteiger partial charge on any atom is -0.444 e. The van der Waals surface area contributed by atoms with E-state index < -0.39 is 0 Å². The Morgan fingerprint density at radius 2 is 1.47 bits per heavy atom. The van der Waals surface area contributed by atoms with Crippen molar-refractivity contribution in [2.45, 2.75) is 58.5 Å². The van der Waals surface area contributed by atoms with Crippen molar-refractivity contribution in [3.63, 3.8) is 0 Å². The Morgan fingerprint density at radius 1 is 1.00 bits per heavy atom. The van der Waals surface area contributed by atoms with Gasteiger partial charge in [-0.3, -0.25) is 0 Å². The van der Waals surface area contributed by atoms with Crippen molar-refractivity contribution in [2.75, 3.05) is 13.1 Å². The third-order valence-electron chi connectivity index (χ3n) is 2.51. The molecular formula is C12H23NO2. The highest BCUT2D eigenvalue weighted by molar-refractivity contribution is 5.68. The van der Waals surface area contributed by atoms with E-state index in [2.05, 4.69) is 0 Å². The number of hydrogen-bond donors (Lipinski definition) is 0. The van der Waals surface area contributed by atoms with Gasteiger partial charge in [0.1, 0.15) is 5.60 Å². The molecule has 1 aliphatic heterocycles. The van der Waals surface area contributed by atoms with Crippen molar-refractivity contribution in [2.24, 2.45) is 0 Å². The molecule has 1 heterocycles. The minimum absolute atomic E-state index is 0.149. The molecule has 0 spiro atoms. The Hall–Kier alpha value is -0.730. The number of ether oxygens (including phenoxy) is 1. The second-order valence-corrected chi connectivity index (χ2v) is 5.24. The molecule has 0 aromatic carbocycles. The molecular weight excluding hydrogens is 190 g/mol. The lowest BCUT2D eigenvalue weighted by atomic mass is 10.1. The van der Waals surface area contributed by atoms with Crippen molar-refractivity contribution >= 4 is 6.09 Å². The number of hydrogen-bond acceptors (Lipinski definition) is 2. The van der Waals surface area contributed by atoms with Gasteiger partial charge in [-0.2, -0.15) is 0 Å². The maximum absolute atomic E-state index is 11.8. The van der Waals surface area contributed by atoms with E-state index in [1.165, 1.54) is 19.3 Å². The molecule has 15 heavy (non-hydrogen) atoms. The maximum atomic E-state index is 11.8. The van der Waals surface area contributed by atoms with Crippen molar-refractivity contribution in [3.8, 4) is 0 Å². The molecule has 1 fully saturated rings. The Balaban J connectivity index is 2.42. The van der Waals surface area contributed by atoms with E-state index >= 15 is 0 Å². The minimum atomic E-state index is -0.376. The highest BCUT2D eigenvalue weighted by Gasteiger charge is 2.21. The molecule has 88 valence electrons. The van der Waals surface area contributed by atoms with Crippen LogP contribution in [0.1, 0.15) is 52.9 Å². The number of carbonyl (C=O) groups is 1. The smallest absolute Gasteiger partial charge is 0.410 e. The second kappa shape index (κ2) is 5.38. The molecule has 3 nitrogen and oxygen atoms in total. The molecule has 0 aromatic rings. The van der Waals surface area contributed by atoms with Gasteiger partial charge in [-0.15, -0.1) is 0 Å². The van der Waals surface area contributed by atoms with Gasteiger partial charge in [-0.25, -0.2) is 4.79 Å². The predicted molar refractivity (Wildman–Crippen MR) is 60.9 cm³/mol. The van der Waals surface area contributed by atoms with Crippen LogP contribution < -0.4 is 0 Å². The summed E-state index contributed by atoms with van der Waals surface area (Å²) in [6.07, 6.45) is 5.85. The van der Waals surface area contributed by atoms with Crippen LogP contribution in [0.25, 0.3) is 0 Å². The van der Waals surface area contributed by atoms with E-state index in [1.54, 1.807) is 0 Å². The zero-order chi connectivity index (χ0) is 11.3. The quantitative estimate of drug-likeness (QED) is 0.618. The average Bonchev–Trinajstić information content (AvgIpc) is 1.98. The molecule has 0 saturated carbocycles. The summed E-state index contributed by atoms with van der Waals surface area (Å²) in [5, 5.41) is 0. The van der Waals surface area contributed by atoms with E-state index in [1.807, 2.05) is 25.7 Å². The van der Waals surface area contributed by atoms with Crippen LogP contribution in [0, 0.1) is 0 Å². The van der Waals surface area contributed by atoms with Crippen LogP contribution >= 0.6 is 0 Å². The summed E-state index contributed by atoms with van der Waals surface area (Å²) in [4.78, 5) is 13.6. The lowest BCUT2D eigenvalue weighted by Gasteiger charge is -2.28. The van der Waals surface area contributed by atoms with E-state index in [0.717, 1.165) is 25.9 Å². The summed E-state index contributed by atoms with van der Waals surface area (Å²) >= 11 is 0. The molecule has 1 rings (SSSR count). The zero-order valence-corrected chi connectivity index (χ0v) is 10.2. The van der Waals surface area contributed by atoms with Gasteiger partial charge in [0.2, 0.25) is 0 Å². The third kappa shape index (κ3) is 5.05. The molecule has 0 atom stereocenters. The first-order chi connectivity index (χ1) is 6.99. The van der Waals surface area contributed by atoms with Gasteiger partial charge in [-0.05, 0) is 33.6 Å². The fourth-order valence-electron chi connectivity index (χ4n) is 1.76. The normalized spacial score (nSPS) is 19.3. The van der Waals surface area contributed by atoms with Gasteiger partial charge >= 0.3 is 6.09 Å². The van der Waals surface area contributed by atoms with Crippen molar-refractivity contribution in [3.05, 3.63) is 0 Å². The zero-order valence-electron chi connectivity index (χ0n) is 10.2. The largest absolute Gasteiger partial charge is 0.444 e. The topological polar surface area (TPSA) is 29.5 Å². The second-order valence-electron chi connectivity index (χ2n) is 5.24. The third-order valence-corrected chi connectivity index (χ3v) is 2.51. The van der Waals surface area contributed by atoms with E-state index in [9.17, 15) is 4.79 Å². The van der Waals surface area contributed by atoms with Gasteiger partial charge in [0, 0.05) is 13.1 Å². The van der Waals surface area contributed by atoms with Crippen molar-refractivity contribution in [1.82, 2.24) is 4.90 Å². The molecule has 0 unspecified atom stereocenters. The first kappa shape index (κ1) is 12.3. The molecule has 0 aliphatic carbocycles. The average molecular weight is 213 g/mol. The van der Waals surface area contributed by atoms with Crippen LogP contribution in [0.5, 0.6) is 0 Å². The van der Waals surface area contributed by atoms with E-state index in [-0.39, 0.29) is 11.7 Å². The monoisotopic (exact) mass is 213 g/mol. The molecule has 0 aromatic heterocycles. The number of nitrogens with zero attached hydrogens (tertiary/aromatic N) is 1. The van der Waals surface area contributed by atoms with E-state index in [4.69, 9.17) is 4.74 Å². The predicted octanol–water partition coefficient (Wildman–Crippen LogP) is 3.19. The Morgan fingerprint density at radius 3 is 1.93 bits per heavy atom. The number of rotatable bonds is 0. The SMILES string of the molecule is CC(C)(C)OC(=O)N1CCCCCCC1. The van der Waals surface area contributed by atoms with Crippen LogP contribution in [0.4, 0.5) is 4.79 Å². The molecule has 0 radical (unpaired) electrons. The Kier molecular flexibility index (Phi) is 4.43. The summed E-state index contributed by atoms with van der Waals surface area (Å²) in [5.41, 5.74) is -0.376. The van der Waals surface area contributed by atoms with Gasteiger partial charge in [0.15, 0.2) is 0 Å². The number of carbonyl (C=O) groups excluding carboxylic acids is 1. The lowest BCUT2D eigenvalue weighted by molar-refractivity contribution is 0.0236. The summed E-state index contributed by atoms with van der Waals surface area (Å²) < 4.78 is 5.36. The van der Waals surface area contributed by atoms with Gasteiger partial charge in [0.05, 0.1) is 0 Å². The van der Waals surface area contributed by atoms with Gasteiger partial charge in [-0.1, -0.05) is 19.3 Å². The van der Waals surface area contributed by atoms with Crippen LogP contribution in [0.15, 0.2) is 0 Å².